The molecular weight excluding hydrogens is 392 g/mol. The lowest BCUT2D eigenvalue weighted by Gasteiger charge is -2.12. The molecule has 3 aromatic rings. The first-order valence-electron chi connectivity index (χ1n) is 8.28. The van der Waals surface area contributed by atoms with E-state index in [9.17, 15) is 4.79 Å². The fourth-order valence-corrected chi connectivity index (χ4v) is 3.40. The Morgan fingerprint density at radius 3 is 2.08 bits per heavy atom. The highest BCUT2D eigenvalue weighted by Crippen LogP contribution is 2.27. The fraction of sp³-hybridized carbons (Fsp3) is 0.136. The maximum Gasteiger partial charge on any atom is 0.349 e. The minimum absolute atomic E-state index is 0.139. The van der Waals surface area contributed by atoms with Crippen molar-refractivity contribution in [3.63, 3.8) is 0 Å². The molecule has 0 atom stereocenters. The molecule has 0 N–H and O–H groups in total. The second kappa shape index (κ2) is 8.19. The summed E-state index contributed by atoms with van der Waals surface area (Å²) in [5.74, 6) is 0.790. The van der Waals surface area contributed by atoms with Crippen molar-refractivity contribution < 1.29 is 14.3 Å². The van der Waals surface area contributed by atoms with E-state index >= 15 is 0 Å². The van der Waals surface area contributed by atoms with Crippen molar-refractivity contribution >= 4 is 21.9 Å². The Balaban J connectivity index is 1.60. The molecule has 0 amide bonds. The Morgan fingerprint density at radius 2 is 1.46 bits per heavy atom. The van der Waals surface area contributed by atoms with Gasteiger partial charge in [-0.1, -0.05) is 58.4 Å². The molecule has 3 rings (SSSR count). The number of ether oxygens (including phenoxy) is 2. The molecule has 0 saturated carbocycles. The van der Waals surface area contributed by atoms with E-state index < -0.39 is 5.97 Å². The fourth-order valence-electron chi connectivity index (χ4n) is 2.72. The third-order valence-electron chi connectivity index (χ3n) is 3.96. The van der Waals surface area contributed by atoms with Crippen LogP contribution in [0.5, 0.6) is 11.5 Å². The third kappa shape index (κ3) is 4.52. The van der Waals surface area contributed by atoms with Crippen LogP contribution in [0.4, 0.5) is 0 Å². The third-order valence-corrected chi connectivity index (χ3v) is 4.42. The van der Waals surface area contributed by atoms with Crippen molar-refractivity contribution in [1.82, 2.24) is 0 Å². The Morgan fingerprint density at radius 1 is 0.885 bits per heavy atom. The smallest absolute Gasteiger partial charge is 0.349 e. The first kappa shape index (κ1) is 18.2. The molecule has 0 aromatic heterocycles. The predicted molar refractivity (Wildman–Crippen MR) is 107 cm³/mol. The van der Waals surface area contributed by atoms with Crippen LogP contribution >= 0.6 is 15.9 Å². The Labute approximate surface area is 161 Å². The van der Waals surface area contributed by atoms with Gasteiger partial charge in [0.05, 0.1) is 0 Å². The lowest BCUT2D eigenvalue weighted by molar-refractivity contribution is -0.136. The summed E-state index contributed by atoms with van der Waals surface area (Å²) in [7, 11) is 0. The zero-order valence-electron chi connectivity index (χ0n) is 14.7. The molecule has 0 radical (unpaired) electrons. The van der Waals surface area contributed by atoms with Crippen LogP contribution in [0.15, 0.2) is 71.2 Å². The molecule has 0 fully saturated rings. The van der Waals surface area contributed by atoms with Crippen LogP contribution in [0.2, 0.25) is 0 Å². The maximum atomic E-state index is 12.1. The van der Waals surface area contributed by atoms with Crippen molar-refractivity contribution in [2.45, 2.75) is 13.8 Å². The average Bonchev–Trinajstić information content (AvgIpc) is 2.64. The topological polar surface area (TPSA) is 35.5 Å². The number of hydrogen-bond acceptors (Lipinski definition) is 3. The lowest BCUT2D eigenvalue weighted by Crippen LogP contribution is -2.18. The minimum atomic E-state index is -0.425. The normalized spacial score (nSPS) is 10.4. The van der Waals surface area contributed by atoms with Crippen LogP contribution in [0, 0.1) is 13.8 Å². The Hall–Kier alpha value is -2.59. The van der Waals surface area contributed by atoms with Crippen molar-refractivity contribution in [2.75, 3.05) is 6.61 Å². The largest absolute Gasteiger partial charge is 0.482 e. The van der Waals surface area contributed by atoms with E-state index in [1.165, 1.54) is 0 Å². The van der Waals surface area contributed by atoms with Crippen molar-refractivity contribution in [3.8, 4) is 22.6 Å². The van der Waals surface area contributed by atoms with Crippen LogP contribution in [-0.4, -0.2) is 12.6 Å². The molecule has 0 saturated heterocycles. The zero-order valence-corrected chi connectivity index (χ0v) is 16.2. The number of esters is 1. The molecule has 0 aliphatic heterocycles. The molecule has 132 valence electrons. The summed E-state index contributed by atoms with van der Waals surface area (Å²) in [5, 5.41) is 0. The van der Waals surface area contributed by atoms with E-state index in [1.54, 1.807) is 0 Å². The van der Waals surface area contributed by atoms with E-state index in [1.807, 2.05) is 68.4 Å². The summed E-state index contributed by atoms with van der Waals surface area (Å²) in [6, 6.07) is 21.6. The Bertz CT molecular complexity index is 879. The highest BCUT2D eigenvalue weighted by atomic mass is 79.9. The van der Waals surface area contributed by atoms with Gasteiger partial charge in [0.25, 0.3) is 0 Å². The summed E-state index contributed by atoms with van der Waals surface area (Å²) in [6.45, 7) is 3.67. The Kier molecular flexibility index (Phi) is 5.74. The molecule has 3 aromatic carbocycles. The second-order valence-electron chi connectivity index (χ2n) is 6.02. The average molecular weight is 411 g/mol. The highest BCUT2D eigenvalue weighted by Gasteiger charge is 2.12. The van der Waals surface area contributed by atoms with Gasteiger partial charge < -0.3 is 9.47 Å². The molecule has 0 spiro atoms. The zero-order chi connectivity index (χ0) is 18.5. The standard InChI is InChI=1S/C22H19BrO3/c1-15-12-19(23)13-16(2)22(15)26-21(24)14-25-20-10-8-18(9-11-20)17-6-4-3-5-7-17/h3-13H,14H2,1-2H3. The van der Waals surface area contributed by atoms with Gasteiger partial charge in [-0.15, -0.1) is 0 Å². The monoisotopic (exact) mass is 410 g/mol. The van der Waals surface area contributed by atoms with Crippen molar-refractivity contribution in [3.05, 3.63) is 82.3 Å². The van der Waals surface area contributed by atoms with Gasteiger partial charge in [-0.05, 0) is 60.4 Å². The summed E-state index contributed by atoms with van der Waals surface area (Å²) < 4.78 is 12.0. The number of carbonyl (C=O) groups excluding carboxylic acids is 1. The van der Waals surface area contributed by atoms with E-state index in [-0.39, 0.29) is 6.61 Å². The number of rotatable bonds is 5. The number of benzene rings is 3. The summed E-state index contributed by atoms with van der Waals surface area (Å²) in [6.07, 6.45) is 0. The van der Waals surface area contributed by atoms with Gasteiger partial charge in [0, 0.05) is 4.47 Å². The van der Waals surface area contributed by atoms with Gasteiger partial charge in [-0.25, -0.2) is 4.79 Å². The molecule has 3 nitrogen and oxygen atoms in total. The summed E-state index contributed by atoms with van der Waals surface area (Å²) >= 11 is 3.43. The molecular formula is C22H19BrO3. The summed E-state index contributed by atoms with van der Waals surface area (Å²) in [4.78, 5) is 12.1. The summed E-state index contributed by atoms with van der Waals surface area (Å²) in [5.41, 5.74) is 4.04. The molecule has 0 heterocycles. The SMILES string of the molecule is Cc1cc(Br)cc(C)c1OC(=O)COc1ccc(-c2ccccc2)cc1. The highest BCUT2D eigenvalue weighted by molar-refractivity contribution is 9.10. The number of halogens is 1. The van der Waals surface area contributed by atoms with Crippen LogP contribution in [0.25, 0.3) is 11.1 Å². The van der Waals surface area contributed by atoms with Gasteiger partial charge in [0.15, 0.2) is 6.61 Å². The lowest BCUT2D eigenvalue weighted by atomic mass is 10.1. The number of hydrogen-bond donors (Lipinski definition) is 0. The molecule has 0 bridgehead atoms. The molecule has 0 unspecified atom stereocenters. The maximum absolute atomic E-state index is 12.1. The molecule has 0 aliphatic rings. The van der Waals surface area contributed by atoms with Crippen LogP contribution in [0.3, 0.4) is 0 Å². The van der Waals surface area contributed by atoms with Crippen LogP contribution in [0.1, 0.15) is 11.1 Å². The first-order valence-corrected chi connectivity index (χ1v) is 9.08. The van der Waals surface area contributed by atoms with Gasteiger partial charge in [0.2, 0.25) is 0 Å². The van der Waals surface area contributed by atoms with Crippen molar-refractivity contribution in [1.29, 1.82) is 0 Å². The van der Waals surface area contributed by atoms with Gasteiger partial charge in [0.1, 0.15) is 11.5 Å². The molecule has 4 heteroatoms. The van der Waals surface area contributed by atoms with E-state index in [0.29, 0.717) is 11.5 Å². The van der Waals surface area contributed by atoms with E-state index in [0.717, 1.165) is 26.7 Å². The van der Waals surface area contributed by atoms with Gasteiger partial charge >= 0.3 is 5.97 Å². The molecule has 0 aliphatic carbocycles. The van der Waals surface area contributed by atoms with Gasteiger partial charge in [-0.3, -0.25) is 0 Å². The predicted octanol–water partition coefficient (Wildman–Crippen LogP) is 5.72. The quantitative estimate of drug-likeness (QED) is 0.398. The second-order valence-corrected chi connectivity index (χ2v) is 6.94. The van der Waals surface area contributed by atoms with E-state index in [4.69, 9.17) is 9.47 Å². The minimum Gasteiger partial charge on any atom is -0.482 e. The van der Waals surface area contributed by atoms with Crippen LogP contribution in [-0.2, 0) is 4.79 Å². The number of aryl methyl sites for hydroxylation is 2. The molecule has 26 heavy (non-hydrogen) atoms. The van der Waals surface area contributed by atoms with Crippen LogP contribution < -0.4 is 9.47 Å². The van der Waals surface area contributed by atoms with Gasteiger partial charge in [-0.2, -0.15) is 0 Å². The first-order chi connectivity index (χ1) is 12.5. The number of carbonyl (C=O) groups is 1. The van der Waals surface area contributed by atoms with E-state index in [2.05, 4.69) is 28.1 Å². The van der Waals surface area contributed by atoms with Crippen molar-refractivity contribution in [2.24, 2.45) is 0 Å².